The number of amides is 1. The fraction of sp³-hybridized carbons (Fsp3) is 0.471. The van der Waals surface area contributed by atoms with Crippen LogP contribution in [0.25, 0.3) is 0 Å². The van der Waals surface area contributed by atoms with Crippen LogP contribution < -0.4 is 5.32 Å². The van der Waals surface area contributed by atoms with E-state index in [-0.39, 0.29) is 18.8 Å². The first-order chi connectivity index (χ1) is 10.8. The predicted molar refractivity (Wildman–Crippen MR) is 84.9 cm³/mol. The van der Waals surface area contributed by atoms with Crippen molar-refractivity contribution in [3.63, 3.8) is 0 Å². The number of carboxylic acid groups (broad SMARTS) is 2. The number of carbonyl (C=O) groups excluding carboxylic acids is 1. The van der Waals surface area contributed by atoms with Crippen LogP contribution in [0.4, 0.5) is 0 Å². The van der Waals surface area contributed by atoms with Crippen molar-refractivity contribution >= 4 is 17.8 Å². The van der Waals surface area contributed by atoms with Gasteiger partial charge in [0.2, 0.25) is 5.91 Å². The van der Waals surface area contributed by atoms with E-state index in [1.165, 1.54) is 0 Å². The van der Waals surface area contributed by atoms with Gasteiger partial charge in [-0.05, 0) is 24.3 Å². The maximum absolute atomic E-state index is 12.3. The number of hydrogen-bond donors (Lipinski definition) is 3. The molecule has 3 N–H and O–H groups in total. The number of benzene rings is 1. The summed E-state index contributed by atoms with van der Waals surface area (Å²) in [5.74, 6) is -3.44. The highest BCUT2D eigenvalue weighted by Crippen LogP contribution is 2.14. The van der Waals surface area contributed by atoms with E-state index in [4.69, 9.17) is 5.11 Å². The van der Waals surface area contributed by atoms with Gasteiger partial charge in [-0.3, -0.25) is 9.59 Å². The van der Waals surface area contributed by atoms with E-state index in [1.807, 2.05) is 44.2 Å². The molecule has 6 nitrogen and oxygen atoms in total. The van der Waals surface area contributed by atoms with E-state index in [9.17, 15) is 19.5 Å². The van der Waals surface area contributed by atoms with Crippen LogP contribution in [0.5, 0.6) is 0 Å². The van der Waals surface area contributed by atoms with Crippen LogP contribution in [0.1, 0.15) is 32.3 Å². The van der Waals surface area contributed by atoms with Crippen LogP contribution in [0.15, 0.2) is 30.3 Å². The summed E-state index contributed by atoms with van der Waals surface area (Å²) in [5, 5.41) is 20.7. The molecule has 2 atom stereocenters. The zero-order chi connectivity index (χ0) is 17.4. The lowest BCUT2D eigenvalue weighted by Crippen LogP contribution is -2.45. The van der Waals surface area contributed by atoms with Crippen molar-refractivity contribution < 1.29 is 24.6 Å². The van der Waals surface area contributed by atoms with Gasteiger partial charge in [-0.1, -0.05) is 44.2 Å². The second-order valence-corrected chi connectivity index (χ2v) is 6.01. The van der Waals surface area contributed by atoms with Crippen LogP contribution in [-0.4, -0.2) is 34.1 Å². The molecule has 0 aliphatic rings. The molecule has 0 bridgehead atoms. The molecule has 1 rings (SSSR count). The maximum Gasteiger partial charge on any atom is 0.326 e. The minimum Gasteiger partial charge on any atom is -0.481 e. The lowest BCUT2D eigenvalue weighted by Gasteiger charge is -2.20. The number of carbonyl (C=O) groups is 3. The van der Waals surface area contributed by atoms with Gasteiger partial charge >= 0.3 is 11.9 Å². The van der Waals surface area contributed by atoms with Crippen molar-refractivity contribution in [3.8, 4) is 0 Å². The number of rotatable bonds is 9. The molecule has 0 spiro atoms. The smallest absolute Gasteiger partial charge is 0.326 e. The third-order valence-corrected chi connectivity index (χ3v) is 3.44. The average Bonchev–Trinajstić information content (AvgIpc) is 2.45. The summed E-state index contributed by atoms with van der Waals surface area (Å²) in [5.41, 5.74) is 0.838. The summed E-state index contributed by atoms with van der Waals surface area (Å²) in [6.07, 6.45) is 0.216. The molecule has 23 heavy (non-hydrogen) atoms. The largest absolute Gasteiger partial charge is 0.481 e. The van der Waals surface area contributed by atoms with E-state index in [2.05, 4.69) is 5.32 Å². The van der Waals surface area contributed by atoms with Crippen LogP contribution >= 0.6 is 0 Å². The molecule has 1 aromatic carbocycles. The second-order valence-electron chi connectivity index (χ2n) is 6.01. The molecule has 1 amide bonds. The maximum atomic E-state index is 12.3. The molecule has 126 valence electrons. The molecule has 0 saturated carbocycles. The number of aliphatic carboxylic acids is 2. The zero-order valence-corrected chi connectivity index (χ0v) is 13.4. The Morgan fingerprint density at radius 2 is 1.70 bits per heavy atom. The van der Waals surface area contributed by atoms with Crippen molar-refractivity contribution in [2.45, 2.75) is 39.2 Å². The standard InChI is InChI=1S/C17H23NO5/c1-11(2)8-14(17(22)23)18-16(21)13(10-15(19)20)9-12-6-4-3-5-7-12/h3-7,11,13-14H,8-10H2,1-2H3,(H,18,21)(H,19,20)(H,22,23)/t13-,14-/m0/s1. The van der Waals surface area contributed by atoms with E-state index in [0.29, 0.717) is 6.42 Å². The molecule has 0 aliphatic carbocycles. The van der Waals surface area contributed by atoms with Gasteiger partial charge in [-0.2, -0.15) is 0 Å². The number of carboxylic acids is 2. The Hall–Kier alpha value is -2.37. The predicted octanol–water partition coefficient (Wildman–Crippen LogP) is 1.94. The molecule has 0 unspecified atom stereocenters. The molecule has 6 heteroatoms. The van der Waals surface area contributed by atoms with Gasteiger partial charge in [0, 0.05) is 0 Å². The van der Waals surface area contributed by atoms with Crippen molar-refractivity contribution in [2.24, 2.45) is 11.8 Å². The van der Waals surface area contributed by atoms with Crippen molar-refractivity contribution in [1.29, 1.82) is 0 Å². The Morgan fingerprint density at radius 1 is 1.09 bits per heavy atom. The van der Waals surface area contributed by atoms with Crippen LogP contribution in [0.2, 0.25) is 0 Å². The summed E-state index contributed by atoms with van der Waals surface area (Å²) in [7, 11) is 0. The fourth-order valence-electron chi connectivity index (χ4n) is 2.35. The molecule has 1 aromatic rings. The molecular formula is C17H23NO5. The first-order valence-corrected chi connectivity index (χ1v) is 7.58. The molecule has 0 heterocycles. The SMILES string of the molecule is CC(C)C[C@H](NC(=O)[C@H](CC(=O)O)Cc1ccccc1)C(=O)O. The van der Waals surface area contributed by atoms with Gasteiger partial charge in [0.05, 0.1) is 12.3 Å². The highest BCUT2D eigenvalue weighted by Gasteiger charge is 2.27. The third kappa shape index (κ3) is 6.95. The second kappa shape index (κ2) is 8.92. The van der Waals surface area contributed by atoms with E-state index in [1.54, 1.807) is 0 Å². The molecule has 0 radical (unpaired) electrons. The lowest BCUT2D eigenvalue weighted by molar-refractivity contribution is -0.144. The first kappa shape index (κ1) is 18.7. The highest BCUT2D eigenvalue weighted by atomic mass is 16.4. The van der Waals surface area contributed by atoms with Gasteiger partial charge in [-0.25, -0.2) is 4.79 Å². The van der Waals surface area contributed by atoms with Gasteiger partial charge in [0.15, 0.2) is 0 Å². The van der Waals surface area contributed by atoms with E-state index >= 15 is 0 Å². The number of hydrogen-bond acceptors (Lipinski definition) is 3. The highest BCUT2D eigenvalue weighted by molar-refractivity contribution is 5.87. The summed E-state index contributed by atoms with van der Waals surface area (Å²) >= 11 is 0. The number of nitrogens with one attached hydrogen (secondary N) is 1. The molecule has 0 aliphatic heterocycles. The summed E-state index contributed by atoms with van der Waals surface area (Å²) in [6, 6.07) is 8.07. The summed E-state index contributed by atoms with van der Waals surface area (Å²) < 4.78 is 0. The minimum absolute atomic E-state index is 0.100. The summed E-state index contributed by atoms with van der Waals surface area (Å²) in [4.78, 5) is 34.6. The Bertz CT molecular complexity index is 541. The monoisotopic (exact) mass is 321 g/mol. The van der Waals surface area contributed by atoms with Gasteiger partial charge < -0.3 is 15.5 Å². The lowest BCUT2D eigenvalue weighted by atomic mass is 9.94. The van der Waals surface area contributed by atoms with Gasteiger partial charge in [-0.15, -0.1) is 0 Å². The Balaban J connectivity index is 2.82. The molecule has 0 saturated heterocycles. The van der Waals surface area contributed by atoms with Crippen LogP contribution in [0, 0.1) is 11.8 Å². The van der Waals surface area contributed by atoms with Gasteiger partial charge in [0.1, 0.15) is 6.04 Å². The Labute approximate surface area is 135 Å². The molecule has 0 fully saturated rings. The molecular weight excluding hydrogens is 298 g/mol. The average molecular weight is 321 g/mol. The zero-order valence-electron chi connectivity index (χ0n) is 13.4. The van der Waals surface area contributed by atoms with Crippen molar-refractivity contribution in [1.82, 2.24) is 5.32 Å². The first-order valence-electron chi connectivity index (χ1n) is 7.58. The van der Waals surface area contributed by atoms with Crippen molar-refractivity contribution in [3.05, 3.63) is 35.9 Å². The van der Waals surface area contributed by atoms with Crippen molar-refractivity contribution in [2.75, 3.05) is 0 Å². The Kier molecular flexibility index (Phi) is 7.25. The normalized spacial score (nSPS) is 13.3. The minimum atomic E-state index is -1.11. The fourth-order valence-corrected chi connectivity index (χ4v) is 2.35. The van der Waals surface area contributed by atoms with E-state index in [0.717, 1.165) is 5.56 Å². The molecule has 0 aromatic heterocycles. The third-order valence-electron chi connectivity index (χ3n) is 3.44. The van der Waals surface area contributed by atoms with E-state index < -0.39 is 29.8 Å². The quantitative estimate of drug-likeness (QED) is 0.645. The van der Waals surface area contributed by atoms with Crippen LogP contribution in [-0.2, 0) is 20.8 Å². The topological polar surface area (TPSA) is 104 Å². The Morgan fingerprint density at radius 3 is 2.17 bits per heavy atom. The van der Waals surface area contributed by atoms with Gasteiger partial charge in [0.25, 0.3) is 0 Å². The summed E-state index contributed by atoms with van der Waals surface area (Å²) in [6.45, 7) is 3.72. The van der Waals surface area contributed by atoms with Crippen LogP contribution in [0.3, 0.4) is 0 Å².